The number of aryl methyl sites for hydroxylation is 1. The van der Waals surface area contributed by atoms with Gasteiger partial charge < -0.3 is 4.57 Å². The minimum atomic E-state index is -0.261. The van der Waals surface area contributed by atoms with Gasteiger partial charge in [-0.25, -0.2) is 15.0 Å². The zero-order valence-corrected chi connectivity index (χ0v) is 13.2. The molecule has 0 unspecified atom stereocenters. The summed E-state index contributed by atoms with van der Waals surface area (Å²) >= 11 is 0. The molecule has 0 aromatic carbocycles. The number of amides is 1. The van der Waals surface area contributed by atoms with Gasteiger partial charge in [0.15, 0.2) is 0 Å². The first-order valence-corrected chi connectivity index (χ1v) is 7.95. The van der Waals surface area contributed by atoms with Crippen LogP contribution in [0, 0.1) is 5.41 Å². The summed E-state index contributed by atoms with van der Waals surface area (Å²) in [6.07, 6.45) is 9.12. The lowest BCUT2D eigenvalue weighted by Gasteiger charge is -2.52. The maximum absolute atomic E-state index is 12.8. The van der Waals surface area contributed by atoms with Crippen molar-refractivity contribution in [1.82, 2.24) is 24.4 Å². The number of carbonyl (C=O) groups excluding carboxylic acids is 1. The molecule has 2 fully saturated rings. The first-order valence-electron chi connectivity index (χ1n) is 7.95. The van der Waals surface area contributed by atoms with Crippen LogP contribution in [-0.2, 0) is 18.4 Å². The Balaban J connectivity index is 1.46. The second-order valence-electron chi connectivity index (χ2n) is 6.49. The molecule has 0 N–H and O–H groups in total. The number of rotatable bonds is 3. The standard InChI is InChI=1S/C16H20N6O/c1-20-9-7-17-13(20)10-21-8-2-4-16(11-21)12-22(14(16)23)15-18-5-3-6-19-15/h3,5-7,9H,2,4,8,10-12H2,1H3/t16-/m1/s1. The van der Waals surface area contributed by atoms with Crippen LogP contribution in [0.1, 0.15) is 18.7 Å². The topological polar surface area (TPSA) is 67.2 Å². The van der Waals surface area contributed by atoms with E-state index in [2.05, 4.69) is 19.9 Å². The van der Waals surface area contributed by atoms with Gasteiger partial charge in [0.2, 0.25) is 11.9 Å². The Morgan fingerprint density at radius 3 is 2.70 bits per heavy atom. The molecular formula is C16H20N6O. The van der Waals surface area contributed by atoms with Crippen LogP contribution in [0.5, 0.6) is 0 Å². The zero-order chi connectivity index (χ0) is 15.9. The number of hydrogen-bond donors (Lipinski definition) is 0. The predicted octanol–water partition coefficient (Wildman–Crippen LogP) is 0.839. The number of β-lactam (4-membered cyclic amide) rings is 1. The Hall–Kier alpha value is -2.28. The second kappa shape index (κ2) is 5.42. The van der Waals surface area contributed by atoms with Gasteiger partial charge in [-0.2, -0.15) is 0 Å². The van der Waals surface area contributed by atoms with Crippen molar-refractivity contribution in [3.63, 3.8) is 0 Å². The van der Waals surface area contributed by atoms with Crippen molar-refractivity contribution in [3.8, 4) is 0 Å². The van der Waals surface area contributed by atoms with E-state index < -0.39 is 0 Å². The number of imidazole rings is 1. The van der Waals surface area contributed by atoms with Gasteiger partial charge in [0.25, 0.3) is 0 Å². The van der Waals surface area contributed by atoms with E-state index >= 15 is 0 Å². The van der Waals surface area contributed by atoms with Crippen molar-refractivity contribution in [3.05, 3.63) is 36.7 Å². The van der Waals surface area contributed by atoms with Crippen molar-refractivity contribution in [2.24, 2.45) is 12.5 Å². The molecule has 0 aliphatic carbocycles. The molecule has 4 heterocycles. The molecule has 2 aliphatic rings. The fourth-order valence-corrected chi connectivity index (χ4v) is 3.64. The Morgan fingerprint density at radius 2 is 2.00 bits per heavy atom. The third-order valence-corrected chi connectivity index (χ3v) is 4.90. The third-order valence-electron chi connectivity index (χ3n) is 4.90. The molecular weight excluding hydrogens is 292 g/mol. The van der Waals surface area contributed by atoms with E-state index in [1.54, 1.807) is 23.4 Å². The van der Waals surface area contributed by atoms with Gasteiger partial charge in [0, 0.05) is 44.9 Å². The molecule has 4 rings (SSSR count). The fraction of sp³-hybridized carbons (Fsp3) is 0.500. The van der Waals surface area contributed by atoms with Crippen molar-refractivity contribution < 1.29 is 4.79 Å². The molecule has 1 amide bonds. The summed E-state index contributed by atoms with van der Waals surface area (Å²) in [7, 11) is 2.00. The largest absolute Gasteiger partial charge is 0.337 e. The maximum atomic E-state index is 12.8. The summed E-state index contributed by atoms with van der Waals surface area (Å²) < 4.78 is 2.04. The van der Waals surface area contributed by atoms with Crippen LogP contribution >= 0.6 is 0 Å². The normalized spacial score (nSPS) is 24.9. The van der Waals surface area contributed by atoms with Crippen LogP contribution < -0.4 is 4.90 Å². The molecule has 23 heavy (non-hydrogen) atoms. The first-order chi connectivity index (χ1) is 11.2. The number of anilines is 1. The number of carbonyl (C=O) groups is 1. The SMILES string of the molecule is Cn1ccnc1CN1CCC[C@@]2(C1)CN(c1ncccn1)C2=O. The molecule has 1 atom stereocenters. The fourth-order valence-electron chi connectivity index (χ4n) is 3.64. The number of likely N-dealkylation sites (tertiary alicyclic amines) is 1. The van der Waals surface area contributed by atoms with Gasteiger partial charge in [-0.15, -0.1) is 0 Å². The molecule has 0 saturated carbocycles. The van der Waals surface area contributed by atoms with Gasteiger partial charge >= 0.3 is 0 Å². The van der Waals surface area contributed by atoms with Gasteiger partial charge in [0.1, 0.15) is 5.82 Å². The highest BCUT2D eigenvalue weighted by atomic mass is 16.2. The lowest BCUT2D eigenvalue weighted by Crippen LogP contribution is -2.67. The highest BCUT2D eigenvalue weighted by molar-refractivity contribution is 6.03. The van der Waals surface area contributed by atoms with E-state index in [4.69, 9.17) is 0 Å². The maximum Gasteiger partial charge on any atom is 0.238 e. The average molecular weight is 312 g/mol. The molecule has 0 radical (unpaired) electrons. The van der Waals surface area contributed by atoms with E-state index in [0.29, 0.717) is 12.5 Å². The molecule has 0 bridgehead atoms. The van der Waals surface area contributed by atoms with Crippen LogP contribution in [0.15, 0.2) is 30.9 Å². The third kappa shape index (κ3) is 2.41. The van der Waals surface area contributed by atoms with Crippen LogP contribution in [0.4, 0.5) is 5.95 Å². The van der Waals surface area contributed by atoms with Gasteiger partial charge in [0.05, 0.1) is 12.0 Å². The van der Waals surface area contributed by atoms with Gasteiger partial charge in [-0.3, -0.25) is 14.6 Å². The van der Waals surface area contributed by atoms with Crippen molar-refractivity contribution >= 4 is 11.9 Å². The van der Waals surface area contributed by atoms with Crippen LogP contribution in [-0.4, -0.2) is 50.0 Å². The minimum absolute atomic E-state index is 0.160. The summed E-state index contributed by atoms with van der Waals surface area (Å²) in [6.45, 7) is 3.32. The van der Waals surface area contributed by atoms with E-state index in [9.17, 15) is 4.79 Å². The van der Waals surface area contributed by atoms with E-state index in [0.717, 1.165) is 38.3 Å². The lowest BCUT2D eigenvalue weighted by molar-refractivity contribution is -0.139. The van der Waals surface area contributed by atoms with Crippen LogP contribution in [0.25, 0.3) is 0 Å². The molecule has 1 spiro atoms. The average Bonchev–Trinajstić information content (AvgIpc) is 2.98. The Morgan fingerprint density at radius 1 is 1.17 bits per heavy atom. The summed E-state index contributed by atoms with van der Waals surface area (Å²) in [6, 6.07) is 1.76. The number of nitrogens with zero attached hydrogens (tertiary/aromatic N) is 6. The van der Waals surface area contributed by atoms with Crippen molar-refractivity contribution in [2.45, 2.75) is 19.4 Å². The quantitative estimate of drug-likeness (QED) is 0.786. The molecule has 7 heteroatoms. The van der Waals surface area contributed by atoms with E-state index in [1.807, 2.05) is 24.0 Å². The highest BCUT2D eigenvalue weighted by Crippen LogP contribution is 2.41. The highest BCUT2D eigenvalue weighted by Gasteiger charge is 2.55. The Labute approximate surface area is 135 Å². The molecule has 7 nitrogen and oxygen atoms in total. The van der Waals surface area contributed by atoms with Crippen molar-refractivity contribution in [1.29, 1.82) is 0 Å². The lowest BCUT2D eigenvalue weighted by atomic mass is 9.72. The van der Waals surface area contributed by atoms with Crippen molar-refractivity contribution in [2.75, 3.05) is 24.5 Å². The number of piperidine rings is 1. The van der Waals surface area contributed by atoms with Crippen LogP contribution in [0.2, 0.25) is 0 Å². The van der Waals surface area contributed by atoms with Gasteiger partial charge in [-0.1, -0.05) is 0 Å². The zero-order valence-electron chi connectivity index (χ0n) is 13.2. The molecule has 2 aromatic heterocycles. The smallest absolute Gasteiger partial charge is 0.238 e. The monoisotopic (exact) mass is 312 g/mol. The Kier molecular flexibility index (Phi) is 3.37. The predicted molar refractivity (Wildman–Crippen MR) is 84.5 cm³/mol. The molecule has 120 valence electrons. The first kappa shape index (κ1) is 14.3. The molecule has 2 aliphatic heterocycles. The summed E-state index contributed by atoms with van der Waals surface area (Å²) in [5.74, 6) is 1.72. The minimum Gasteiger partial charge on any atom is -0.337 e. The number of aromatic nitrogens is 4. The number of hydrogen-bond acceptors (Lipinski definition) is 5. The molecule has 2 saturated heterocycles. The summed E-state index contributed by atoms with van der Waals surface area (Å²) in [4.78, 5) is 29.6. The summed E-state index contributed by atoms with van der Waals surface area (Å²) in [5.41, 5.74) is -0.261. The molecule has 2 aromatic rings. The van der Waals surface area contributed by atoms with E-state index in [1.165, 1.54) is 0 Å². The Bertz CT molecular complexity index is 714. The van der Waals surface area contributed by atoms with E-state index in [-0.39, 0.29) is 11.3 Å². The summed E-state index contributed by atoms with van der Waals surface area (Å²) in [5, 5.41) is 0. The van der Waals surface area contributed by atoms with Gasteiger partial charge in [-0.05, 0) is 25.5 Å². The second-order valence-corrected chi connectivity index (χ2v) is 6.49. The van der Waals surface area contributed by atoms with Crippen LogP contribution in [0.3, 0.4) is 0 Å².